The number of hydrogen-bond acceptors (Lipinski definition) is 4. The first-order valence-corrected chi connectivity index (χ1v) is 7.84. The first kappa shape index (κ1) is 16.3. The summed E-state index contributed by atoms with van der Waals surface area (Å²) >= 11 is 0. The number of benzene rings is 1. The SMILES string of the molecule is C=C1c2c(c3ccccc3n2C)[C@H](C)CC1(C(=O)OC)C(=O)OC. The maximum absolute atomic E-state index is 12.6. The van der Waals surface area contributed by atoms with Gasteiger partial charge in [-0.05, 0) is 29.5 Å². The highest BCUT2D eigenvalue weighted by atomic mass is 16.5. The smallest absolute Gasteiger partial charge is 0.327 e. The number of para-hydroxylation sites is 1. The summed E-state index contributed by atoms with van der Waals surface area (Å²) in [6.07, 6.45) is 0.284. The molecule has 1 atom stereocenters. The minimum atomic E-state index is -1.50. The fraction of sp³-hybridized carbons (Fsp3) is 0.368. The van der Waals surface area contributed by atoms with E-state index in [1.165, 1.54) is 14.2 Å². The summed E-state index contributed by atoms with van der Waals surface area (Å²) in [4.78, 5) is 25.2. The van der Waals surface area contributed by atoms with Gasteiger partial charge in [-0.2, -0.15) is 0 Å². The molecule has 5 heteroatoms. The monoisotopic (exact) mass is 327 g/mol. The average Bonchev–Trinajstić information content (AvgIpc) is 2.90. The molecule has 0 N–H and O–H groups in total. The zero-order chi connectivity index (χ0) is 17.6. The van der Waals surface area contributed by atoms with Crippen LogP contribution in [-0.4, -0.2) is 30.7 Å². The molecule has 24 heavy (non-hydrogen) atoms. The van der Waals surface area contributed by atoms with Gasteiger partial charge in [0.2, 0.25) is 0 Å². The minimum absolute atomic E-state index is 0.0187. The number of nitrogens with zero attached hydrogens (tertiary/aromatic N) is 1. The van der Waals surface area contributed by atoms with Gasteiger partial charge < -0.3 is 14.0 Å². The number of aromatic nitrogens is 1. The van der Waals surface area contributed by atoms with Crippen molar-refractivity contribution in [2.45, 2.75) is 19.3 Å². The van der Waals surface area contributed by atoms with Crippen molar-refractivity contribution >= 4 is 28.4 Å². The van der Waals surface area contributed by atoms with Gasteiger partial charge in [0.25, 0.3) is 0 Å². The van der Waals surface area contributed by atoms with Gasteiger partial charge in [0.1, 0.15) is 0 Å². The molecule has 0 radical (unpaired) electrons. The van der Waals surface area contributed by atoms with Crippen LogP contribution in [0.4, 0.5) is 0 Å². The zero-order valence-corrected chi connectivity index (χ0v) is 14.4. The number of carbonyl (C=O) groups excluding carboxylic acids is 2. The zero-order valence-electron chi connectivity index (χ0n) is 14.4. The molecule has 1 aliphatic rings. The van der Waals surface area contributed by atoms with E-state index in [0.29, 0.717) is 5.57 Å². The van der Waals surface area contributed by atoms with Crippen LogP contribution in [0.5, 0.6) is 0 Å². The number of carbonyl (C=O) groups is 2. The topological polar surface area (TPSA) is 57.5 Å². The number of aryl methyl sites for hydroxylation is 1. The predicted octanol–water partition coefficient (Wildman–Crippen LogP) is 3.03. The molecule has 1 aromatic carbocycles. The van der Waals surface area contributed by atoms with Gasteiger partial charge in [-0.3, -0.25) is 9.59 Å². The lowest BCUT2D eigenvalue weighted by molar-refractivity contribution is -0.165. The molecule has 0 unspecified atom stereocenters. The Balaban J connectivity index is 2.34. The van der Waals surface area contributed by atoms with E-state index in [2.05, 4.69) is 12.6 Å². The van der Waals surface area contributed by atoms with Gasteiger partial charge in [-0.1, -0.05) is 31.7 Å². The van der Waals surface area contributed by atoms with Crippen LogP contribution in [0.25, 0.3) is 16.5 Å². The first-order chi connectivity index (χ1) is 11.4. The lowest BCUT2D eigenvalue weighted by atomic mass is 9.66. The van der Waals surface area contributed by atoms with E-state index in [1.54, 1.807) is 0 Å². The van der Waals surface area contributed by atoms with Crippen molar-refractivity contribution in [1.82, 2.24) is 4.57 Å². The molecule has 2 aromatic rings. The molecule has 3 rings (SSSR count). The summed E-state index contributed by atoms with van der Waals surface area (Å²) in [5.74, 6) is -1.26. The second kappa shape index (κ2) is 5.51. The van der Waals surface area contributed by atoms with Crippen molar-refractivity contribution in [1.29, 1.82) is 0 Å². The number of fused-ring (bicyclic) bond motifs is 3. The van der Waals surface area contributed by atoms with Crippen molar-refractivity contribution in [2.24, 2.45) is 12.5 Å². The van der Waals surface area contributed by atoms with Crippen LogP contribution in [0.15, 0.2) is 30.8 Å². The highest BCUT2D eigenvalue weighted by Gasteiger charge is 2.56. The highest BCUT2D eigenvalue weighted by molar-refractivity contribution is 6.13. The Morgan fingerprint density at radius 1 is 1.21 bits per heavy atom. The van der Waals surface area contributed by atoms with Gasteiger partial charge in [-0.25, -0.2) is 0 Å². The van der Waals surface area contributed by atoms with Gasteiger partial charge >= 0.3 is 11.9 Å². The van der Waals surface area contributed by atoms with Crippen LogP contribution >= 0.6 is 0 Å². The number of rotatable bonds is 2. The van der Waals surface area contributed by atoms with Crippen molar-refractivity contribution in [3.63, 3.8) is 0 Å². The Bertz CT molecular complexity index is 846. The van der Waals surface area contributed by atoms with Gasteiger partial charge in [0.05, 0.1) is 14.2 Å². The lowest BCUT2D eigenvalue weighted by Crippen LogP contribution is -2.45. The number of esters is 2. The third-order valence-electron chi connectivity index (χ3n) is 5.12. The molecule has 1 aliphatic carbocycles. The minimum Gasteiger partial charge on any atom is -0.468 e. The lowest BCUT2D eigenvalue weighted by Gasteiger charge is -2.37. The van der Waals surface area contributed by atoms with E-state index >= 15 is 0 Å². The molecule has 5 nitrogen and oxygen atoms in total. The number of hydrogen-bond donors (Lipinski definition) is 0. The largest absolute Gasteiger partial charge is 0.468 e. The Hall–Kier alpha value is -2.56. The molecular weight excluding hydrogens is 306 g/mol. The van der Waals surface area contributed by atoms with E-state index < -0.39 is 17.4 Å². The second-order valence-corrected chi connectivity index (χ2v) is 6.31. The molecular formula is C19H21NO4. The van der Waals surface area contributed by atoms with Crippen LogP contribution in [0.3, 0.4) is 0 Å². The Morgan fingerprint density at radius 3 is 2.38 bits per heavy atom. The maximum Gasteiger partial charge on any atom is 0.327 e. The maximum atomic E-state index is 12.6. The summed E-state index contributed by atoms with van der Waals surface area (Å²) in [6, 6.07) is 8.03. The Labute approximate surface area is 140 Å². The highest BCUT2D eigenvalue weighted by Crippen LogP contribution is 2.53. The molecule has 0 fully saturated rings. The van der Waals surface area contributed by atoms with E-state index in [-0.39, 0.29) is 12.3 Å². The van der Waals surface area contributed by atoms with Gasteiger partial charge in [0.15, 0.2) is 5.41 Å². The molecule has 0 bridgehead atoms. The standard InChI is InChI=1S/C19H21NO4/c1-11-10-19(17(21)23-4,18(22)24-5)12(2)16-15(11)13-8-6-7-9-14(13)20(16)3/h6-9,11H,2,10H2,1,3-5H3/t11-/m1/s1. The normalized spacial score (nSPS) is 19.0. The van der Waals surface area contributed by atoms with Crippen molar-refractivity contribution in [2.75, 3.05) is 14.2 Å². The summed E-state index contributed by atoms with van der Waals surface area (Å²) in [5.41, 5.74) is 1.90. The fourth-order valence-corrected chi connectivity index (χ4v) is 4.02. The second-order valence-electron chi connectivity index (χ2n) is 6.31. The van der Waals surface area contributed by atoms with Crippen molar-refractivity contribution in [3.05, 3.63) is 42.1 Å². The molecule has 1 heterocycles. The first-order valence-electron chi connectivity index (χ1n) is 7.84. The van der Waals surface area contributed by atoms with Gasteiger partial charge in [-0.15, -0.1) is 0 Å². The van der Waals surface area contributed by atoms with Crippen LogP contribution < -0.4 is 0 Å². The number of methoxy groups -OCH3 is 2. The summed E-state index contributed by atoms with van der Waals surface area (Å²) in [6.45, 7) is 6.13. The van der Waals surface area contributed by atoms with Crippen LogP contribution in [0.1, 0.15) is 30.5 Å². The summed E-state index contributed by atoms with van der Waals surface area (Å²) in [5, 5.41) is 1.12. The summed E-state index contributed by atoms with van der Waals surface area (Å²) < 4.78 is 11.9. The van der Waals surface area contributed by atoms with Crippen molar-refractivity contribution in [3.8, 4) is 0 Å². The molecule has 0 amide bonds. The molecule has 1 aromatic heterocycles. The Kier molecular flexibility index (Phi) is 3.74. The van der Waals surface area contributed by atoms with Crippen LogP contribution in [0, 0.1) is 5.41 Å². The van der Waals surface area contributed by atoms with E-state index in [1.807, 2.05) is 36.7 Å². The van der Waals surface area contributed by atoms with Crippen LogP contribution in [-0.2, 0) is 26.1 Å². The third kappa shape index (κ3) is 1.87. The van der Waals surface area contributed by atoms with Crippen molar-refractivity contribution < 1.29 is 19.1 Å². The molecule has 0 spiro atoms. The van der Waals surface area contributed by atoms with Gasteiger partial charge in [0, 0.05) is 23.6 Å². The Morgan fingerprint density at radius 2 is 1.79 bits per heavy atom. The quantitative estimate of drug-likeness (QED) is 0.628. The molecule has 126 valence electrons. The predicted molar refractivity (Wildman–Crippen MR) is 91.5 cm³/mol. The summed E-state index contributed by atoms with van der Waals surface area (Å²) in [7, 11) is 4.48. The van der Waals surface area contributed by atoms with E-state index in [4.69, 9.17) is 9.47 Å². The molecule has 0 saturated carbocycles. The third-order valence-corrected chi connectivity index (χ3v) is 5.12. The number of ether oxygens (including phenoxy) is 2. The van der Waals surface area contributed by atoms with Crippen LogP contribution in [0.2, 0.25) is 0 Å². The van der Waals surface area contributed by atoms with E-state index in [9.17, 15) is 9.59 Å². The molecule has 0 saturated heterocycles. The average molecular weight is 327 g/mol. The molecule has 0 aliphatic heterocycles. The van der Waals surface area contributed by atoms with E-state index in [0.717, 1.165) is 22.2 Å². The fourth-order valence-electron chi connectivity index (χ4n) is 4.02.